The molecule has 1 aromatic carbocycles. The SMILES string of the molecule is Cl.O=C(NCC1CNCC1O)c1oc2ccccc2c1CSC1CCCCC1. The van der Waals surface area contributed by atoms with Crippen LogP contribution in [0.15, 0.2) is 28.7 Å². The first-order valence-electron chi connectivity index (χ1n) is 10.0. The lowest BCUT2D eigenvalue weighted by molar-refractivity contribution is 0.0901. The second-order valence-corrected chi connectivity index (χ2v) is 8.96. The summed E-state index contributed by atoms with van der Waals surface area (Å²) in [6, 6.07) is 7.89. The van der Waals surface area contributed by atoms with Crippen molar-refractivity contribution in [2.24, 2.45) is 5.92 Å². The van der Waals surface area contributed by atoms with Crippen LogP contribution in [0.2, 0.25) is 0 Å². The molecule has 4 rings (SSSR count). The highest BCUT2D eigenvalue weighted by Gasteiger charge is 2.27. The van der Waals surface area contributed by atoms with E-state index in [1.165, 1.54) is 32.1 Å². The van der Waals surface area contributed by atoms with Gasteiger partial charge in [-0.25, -0.2) is 0 Å². The molecule has 0 radical (unpaired) electrons. The molecule has 5 nitrogen and oxygen atoms in total. The number of para-hydroxylation sites is 1. The van der Waals surface area contributed by atoms with Crippen LogP contribution in [-0.2, 0) is 5.75 Å². The number of carbonyl (C=O) groups excluding carboxylic acids is 1. The Labute approximate surface area is 176 Å². The van der Waals surface area contributed by atoms with E-state index in [1.807, 2.05) is 36.0 Å². The largest absolute Gasteiger partial charge is 0.451 e. The van der Waals surface area contributed by atoms with Gasteiger partial charge in [0.25, 0.3) is 5.91 Å². The summed E-state index contributed by atoms with van der Waals surface area (Å²) >= 11 is 1.96. The van der Waals surface area contributed by atoms with E-state index in [0.717, 1.165) is 28.8 Å². The normalized spacial score (nSPS) is 22.9. The average molecular weight is 425 g/mol. The van der Waals surface area contributed by atoms with Crippen LogP contribution in [0.1, 0.15) is 48.2 Å². The molecular weight excluding hydrogens is 396 g/mol. The van der Waals surface area contributed by atoms with E-state index in [1.54, 1.807) is 0 Å². The number of β-amino-alcohol motifs (C(OH)–C–C–N with tert-alkyl or cyclic N) is 1. The molecule has 2 unspecified atom stereocenters. The highest BCUT2D eigenvalue weighted by molar-refractivity contribution is 7.99. The molecule has 1 saturated carbocycles. The van der Waals surface area contributed by atoms with Crippen molar-refractivity contribution in [1.82, 2.24) is 10.6 Å². The number of benzene rings is 1. The fourth-order valence-electron chi connectivity index (χ4n) is 4.09. The van der Waals surface area contributed by atoms with Crippen LogP contribution in [-0.4, -0.2) is 42.0 Å². The minimum Gasteiger partial charge on any atom is -0.451 e. The Morgan fingerprint density at radius 2 is 2.00 bits per heavy atom. The molecule has 0 bridgehead atoms. The summed E-state index contributed by atoms with van der Waals surface area (Å²) in [5.74, 6) is 1.11. The highest BCUT2D eigenvalue weighted by Crippen LogP contribution is 2.35. The Morgan fingerprint density at radius 3 is 2.75 bits per heavy atom. The Kier molecular flexibility index (Phi) is 7.69. The van der Waals surface area contributed by atoms with E-state index in [0.29, 0.717) is 24.1 Å². The maximum Gasteiger partial charge on any atom is 0.287 e. The number of aliphatic hydroxyl groups is 1. The van der Waals surface area contributed by atoms with Gasteiger partial charge in [0.1, 0.15) is 5.58 Å². The lowest BCUT2D eigenvalue weighted by atomic mass is 10.0. The van der Waals surface area contributed by atoms with Gasteiger partial charge in [-0.3, -0.25) is 4.79 Å². The van der Waals surface area contributed by atoms with Crippen molar-refractivity contribution >= 4 is 41.0 Å². The van der Waals surface area contributed by atoms with E-state index in [9.17, 15) is 9.90 Å². The van der Waals surface area contributed by atoms with E-state index >= 15 is 0 Å². The minimum absolute atomic E-state index is 0. The molecule has 154 valence electrons. The number of furan rings is 1. The molecule has 3 N–H and O–H groups in total. The molecule has 0 spiro atoms. The molecule has 7 heteroatoms. The van der Waals surface area contributed by atoms with Gasteiger partial charge in [0.05, 0.1) is 6.10 Å². The Bertz CT molecular complexity index is 791. The molecule has 1 aromatic heterocycles. The highest BCUT2D eigenvalue weighted by atomic mass is 35.5. The molecule has 2 atom stereocenters. The standard InChI is InChI=1S/C21H28N2O3S.ClH/c24-18-12-22-10-14(18)11-23-21(25)20-17(13-27-15-6-2-1-3-7-15)16-8-4-5-9-19(16)26-20;/h4-5,8-9,14-15,18,22,24H,1-3,6-7,10-13H2,(H,23,25);1H. The summed E-state index contributed by atoms with van der Waals surface area (Å²) in [4.78, 5) is 12.8. The number of aliphatic hydroxyl groups excluding tert-OH is 1. The summed E-state index contributed by atoms with van der Waals surface area (Å²) in [5, 5.41) is 17.8. The molecule has 1 amide bonds. The van der Waals surface area contributed by atoms with Crippen LogP contribution < -0.4 is 10.6 Å². The van der Waals surface area contributed by atoms with Crippen molar-refractivity contribution in [3.8, 4) is 0 Å². The third-order valence-electron chi connectivity index (χ3n) is 5.75. The van der Waals surface area contributed by atoms with Crippen molar-refractivity contribution in [2.45, 2.75) is 49.2 Å². The van der Waals surface area contributed by atoms with E-state index < -0.39 is 6.10 Å². The number of rotatable bonds is 6. The quantitative estimate of drug-likeness (QED) is 0.658. The van der Waals surface area contributed by atoms with E-state index in [4.69, 9.17) is 4.42 Å². The van der Waals surface area contributed by atoms with Crippen molar-refractivity contribution in [1.29, 1.82) is 0 Å². The number of thioether (sulfide) groups is 1. The fraction of sp³-hybridized carbons (Fsp3) is 0.571. The third-order valence-corrected chi connectivity index (χ3v) is 7.15. The van der Waals surface area contributed by atoms with Gasteiger partial charge in [-0.05, 0) is 18.9 Å². The predicted molar refractivity (Wildman–Crippen MR) is 116 cm³/mol. The molecule has 1 aliphatic heterocycles. The first-order chi connectivity index (χ1) is 13.2. The van der Waals surface area contributed by atoms with Crippen molar-refractivity contribution < 1.29 is 14.3 Å². The van der Waals surface area contributed by atoms with Crippen LogP contribution >= 0.6 is 24.2 Å². The number of halogens is 1. The minimum atomic E-state index is -0.401. The number of fused-ring (bicyclic) bond motifs is 1. The predicted octanol–water partition coefficient (Wildman–Crippen LogP) is 3.73. The van der Waals surface area contributed by atoms with E-state index in [-0.39, 0.29) is 24.2 Å². The van der Waals surface area contributed by atoms with Crippen LogP contribution in [0.4, 0.5) is 0 Å². The number of amides is 1. The van der Waals surface area contributed by atoms with Gasteiger partial charge in [0.2, 0.25) is 0 Å². The van der Waals surface area contributed by atoms with Gasteiger partial charge >= 0.3 is 0 Å². The molecule has 2 heterocycles. The molecule has 2 fully saturated rings. The van der Waals surface area contributed by atoms with Gasteiger partial charge in [-0.2, -0.15) is 11.8 Å². The summed E-state index contributed by atoms with van der Waals surface area (Å²) in [7, 11) is 0. The zero-order valence-corrected chi connectivity index (χ0v) is 17.6. The fourth-order valence-corrected chi connectivity index (χ4v) is 5.45. The number of carbonyl (C=O) groups is 1. The molecule has 1 saturated heterocycles. The van der Waals surface area contributed by atoms with Gasteiger partial charge in [0, 0.05) is 47.5 Å². The van der Waals surface area contributed by atoms with E-state index in [2.05, 4.69) is 10.6 Å². The monoisotopic (exact) mass is 424 g/mol. The van der Waals surface area contributed by atoms with Crippen molar-refractivity contribution in [3.05, 3.63) is 35.6 Å². The number of hydrogen-bond donors (Lipinski definition) is 3. The second kappa shape index (κ2) is 10.0. The lowest BCUT2D eigenvalue weighted by Gasteiger charge is -2.21. The summed E-state index contributed by atoms with van der Waals surface area (Å²) in [6.07, 6.45) is 6.12. The van der Waals surface area contributed by atoms with Crippen molar-refractivity contribution in [3.63, 3.8) is 0 Å². The molecule has 2 aliphatic rings. The van der Waals surface area contributed by atoms with Crippen LogP contribution in [0.5, 0.6) is 0 Å². The molecule has 28 heavy (non-hydrogen) atoms. The molecule has 2 aromatic rings. The Balaban J connectivity index is 0.00000225. The third kappa shape index (κ3) is 4.85. The summed E-state index contributed by atoms with van der Waals surface area (Å²) in [5.41, 5.74) is 1.77. The second-order valence-electron chi connectivity index (χ2n) is 7.67. The number of nitrogens with one attached hydrogen (secondary N) is 2. The zero-order valence-electron chi connectivity index (χ0n) is 16.0. The topological polar surface area (TPSA) is 74.5 Å². The Morgan fingerprint density at radius 1 is 1.21 bits per heavy atom. The van der Waals surface area contributed by atoms with Crippen LogP contribution in [0.25, 0.3) is 11.0 Å². The number of hydrogen-bond acceptors (Lipinski definition) is 5. The van der Waals surface area contributed by atoms with Gasteiger partial charge in [-0.1, -0.05) is 37.5 Å². The average Bonchev–Trinajstić information content (AvgIpc) is 3.28. The van der Waals surface area contributed by atoms with Crippen LogP contribution in [0, 0.1) is 5.92 Å². The van der Waals surface area contributed by atoms with Gasteiger partial charge < -0.3 is 20.2 Å². The van der Waals surface area contributed by atoms with Crippen LogP contribution in [0.3, 0.4) is 0 Å². The smallest absolute Gasteiger partial charge is 0.287 e. The lowest BCUT2D eigenvalue weighted by Crippen LogP contribution is -2.34. The first kappa shape index (κ1) is 21.5. The Hall–Kier alpha value is -1.21. The molecular formula is C21H29ClN2O3S. The van der Waals surface area contributed by atoms with Crippen molar-refractivity contribution in [2.75, 3.05) is 19.6 Å². The summed E-state index contributed by atoms with van der Waals surface area (Å²) in [6.45, 7) is 1.78. The van der Waals surface area contributed by atoms with Gasteiger partial charge in [0.15, 0.2) is 5.76 Å². The van der Waals surface area contributed by atoms with Gasteiger partial charge in [-0.15, -0.1) is 12.4 Å². The molecule has 1 aliphatic carbocycles. The maximum atomic E-state index is 12.8. The maximum absolute atomic E-state index is 12.8. The summed E-state index contributed by atoms with van der Waals surface area (Å²) < 4.78 is 5.94. The first-order valence-corrected chi connectivity index (χ1v) is 11.1. The zero-order chi connectivity index (χ0) is 18.6.